The number of para-hydroxylation sites is 1. The van der Waals surface area contributed by atoms with E-state index in [0.717, 1.165) is 6.42 Å². The molecule has 1 aromatic rings. The first kappa shape index (κ1) is 12.0. The van der Waals surface area contributed by atoms with Crippen molar-refractivity contribution in [3.8, 4) is 0 Å². The molecule has 0 unspecified atom stereocenters. The van der Waals surface area contributed by atoms with E-state index < -0.39 is 10.0 Å². The summed E-state index contributed by atoms with van der Waals surface area (Å²) in [6.07, 6.45) is 0.747. The molecular formula is C9H15N3O2S. The number of sulfonamides is 1. The number of anilines is 1. The maximum absolute atomic E-state index is 11.8. The van der Waals surface area contributed by atoms with Gasteiger partial charge in [-0.25, -0.2) is 13.1 Å². The summed E-state index contributed by atoms with van der Waals surface area (Å²) in [6.45, 7) is 2.32. The Balaban J connectivity index is 3.04. The monoisotopic (exact) mass is 229 g/mol. The summed E-state index contributed by atoms with van der Waals surface area (Å²) in [5, 5.41) is 0. The lowest BCUT2D eigenvalue weighted by molar-refractivity contribution is 0.581. The Morgan fingerprint density at radius 2 is 2.00 bits per heavy atom. The van der Waals surface area contributed by atoms with Gasteiger partial charge in [-0.15, -0.1) is 0 Å². The molecular weight excluding hydrogens is 214 g/mol. The second-order valence-corrected chi connectivity index (χ2v) is 4.77. The first-order valence-corrected chi connectivity index (χ1v) is 6.15. The van der Waals surface area contributed by atoms with Crippen LogP contribution in [0, 0.1) is 0 Å². The van der Waals surface area contributed by atoms with Gasteiger partial charge in [0.1, 0.15) is 4.90 Å². The summed E-state index contributed by atoms with van der Waals surface area (Å²) in [4.78, 5) is 0.168. The Bertz CT molecular complexity index is 417. The Labute approximate surface area is 89.7 Å². The predicted octanol–water partition coefficient (Wildman–Crippen LogP) is 0.661. The lowest BCUT2D eigenvalue weighted by atomic mass is 10.3. The number of hydrogen-bond donors (Lipinski definition) is 3. The molecule has 0 saturated heterocycles. The third-order valence-corrected chi connectivity index (χ3v) is 3.39. The van der Waals surface area contributed by atoms with Crippen molar-refractivity contribution in [3.05, 3.63) is 24.3 Å². The molecule has 0 bridgehead atoms. The molecule has 0 saturated carbocycles. The molecule has 0 aliphatic carbocycles. The standard InChI is InChI=1S/C9H15N3O2S/c1-2-7-11-15(13,14)9-6-4-3-5-8(9)12-10/h3-6,11-12H,2,7,10H2,1H3. The first-order valence-electron chi connectivity index (χ1n) is 4.67. The minimum atomic E-state index is -3.46. The van der Waals surface area contributed by atoms with E-state index in [4.69, 9.17) is 5.84 Å². The van der Waals surface area contributed by atoms with Crippen LogP contribution in [0.25, 0.3) is 0 Å². The van der Waals surface area contributed by atoms with Gasteiger partial charge in [-0.05, 0) is 18.6 Å². The molecule has 1 aromatic carbocycles. The minimum Gasteiger partial charge on any atom is -0.323 e. The fourth-order valence-electron chi connectivity index (χ4n) is 1.13. The van der Waals surface area contributed by atoms with Crippen LogP contribution in [0.4, 0.5) is 5.69 Å². The van der Waals surface area contributed by atoms with Crippen molar-refractivity contribution < 1.29 is 8.42 Å². The van der Waals surface area contributed by atoms with E-state index in [1.807, 2.05) is 6.92 Å². The molecule has 4 N–H and O–H groups in total. The summed E-state index contributed by atoms with van der Waals surface area (Å²) in [5.41, 5.74) is 2.75. The number of nitrogens with one attached hydrogen (secondary N) is 2. The van der Waals surface area contributed by atoms with Crippen LogP contribution in [0.1, 0.15) is 13.3 Å². The fourth-order valence-corrected chi connectivity index (χ4v) is 2.44. The lowest BCUT2D eigenvalue weighted by Crippen LogP contribution is -2.25. The van der Waals surface area contributed by atoms with Crippen molar-refractivity contribution in [2.24, 2.45) is 5.84 Å². The third-order valence-electron chi connectivity index (χ3n) is 1.87. The average Bonchev–Trinajstić information content (AvgIpc) is 2.26. The first-order chi connectivity index (χ1) is 7.11. The molecule has 5 nitrogen and oxygen atoms in total. The molecule has 0 aliphatic rings. The molecule has 0 aromatic heterocycles. The quantitative estimate of drug-likeness (QED) is 0.511. The van der Waals surface area contributed by atoms with E-state index in [0.29, 0.717) is 12.2 Å². The zero-order valence-corrected chi connectivity index (χ0v) is 9.34. The highest BCUT2D eigenvalue weighted by molar-refractivity contribution is 7.89. The van der Waals surface area contributed by atoms with Crippen molar-refractivity contribution in [1.82, 2.24) is 4.72 Å². The number of nitrogen functional groups attached to an aromatic ring is 1. The highest BCUT2D eigenvalue weighted by atomic mass is 32.2. The van der Waals surface area contributed by atoms with E-state index in [1.54, 1.807) is 18.2 Å². The molecule has 84 valence electrons. The molecule has 0 spiro atoms. The van der Waals surface area contributed by atoms with Crippen molar-refractivity contribution in [1.29, 1.82) is 0 Å². The predicted molar refractivity (Wildman–Crippen MR) is 59.7 cm³/mol. The van der Waals surface area contributed by atoms with Crippen molar-refractivity contribution in [2.45, 2.75) is 18.2 Å². The van der Waals surface area contributed by atoms with E-state index in [9.17, 15) is 8.42 Å². The Morgan fingerprint density at radius 3 is 2.60 bits per heavy atom. The molecule has 0 fully saturated rings. The normalized spacial score (nSPS) is 11.3. The van der Waals surface area contributed by atoms with Crippen LogP contribution >= 0.6 is 0 Å². The summed E-state index contributed by atoms with van der Waals surface area (Å²) >= 11 is 0. The summed E-state index contributed by atoms with van der Waals surface area (Å²) < 4.78 is 26.0. The summed E-state index contributed by atoms with van der Waals surface area (Å²) in [7, 11) is -3.46. The largest absolute Gasteiger partial charge is 0.323 e. The Kier molecular flexibility index (Phi) is 4.07. The molecule has 0 radical (unpaired) electrons. The van der Waals surface area contributed by atoms with Crippen molar-refractivity contribution >= 4 is 15.7 Å². The van der Waals surface area contributed by atoms with Gasteiger partial charge in [-0.2, -0.15) is 0 Å². The van der Waals surface area contributed by atoms with Crippen LogP contribution in [-0.2, 0) is 10.0 Å². The number of benzene rings is 1. The van der Waals surface area contributed by atoms with Crippen LogP contribution in [0.5, 0.6) is 0 Å². The highest BCUT2D eigenvalue weighted by Gasteiger charge is 2.16. The van der Waals surface area contributed by atoms with Gasteiger partial charge < -0.3 is 5.43 Å². The van der Waals surface area contributed by atoms with Crippen molar-refractivity contribution in [3.63, 3.8) is 0 Å². The second kappa shape index (κ2) is 5.11. The average molecular weight is 229 g/mol. The Morgan fingerprint density at radius 1 is 1.33 bits per heavy atom. The highest BCUT2D eigenvalue weighted by Crippen LogP contribution is 2.18. The van der Waals surface area contributed by atoms with Crippen LogP contribution in [0.2, 0.25) is 0 Å². The fraction of sp³-hybridized carbons (Fsp3) is 0.333. The molecule has 15 heavy (non-hydrogen) atoms. The van der Waals surface area contributed by atoms with Gasteiger partial charge in [0.2, 0.25) is 10.0 Å². The molecule has 6 heteroatoms. The number of hydrazine groups is 1. The van der Waals surface area contributed by atoms with Gasteiger partial charge in [0.15, 0.2) is 0 Å². The lowest BCUT2D eigenvalue weighted by Gasteiger charge is -2.09. The summed E-state index contributed by atoms with van der Waals surface area (Å²) in [5.74, 6) is 5.23. The maximum Gasteiger partial charge on any atom is 0.242 e. The van der Waals surface area contributed by atoms with E-state index in [1.165, 1.54) is 6.07 Å². The van der Waals surface area contributed by atoms with Gasteiger partial charge in [0, 0.05) is 6.54 Å². The third kappa shape index (κ3) is 2.92. The maximum atomic E-state index is 11.8. The number of rotatable bonds is 5. The van der Waals surface area contributed by atoms with Gasteiger partial charge in [-0.3, -0.25) is 5.84 Å². The van der Waals surface area contributed by atoms with Crippen LogP contribution < -0.4 is 16.0 Å². The van der Waals surface area contributed by atoms with Gasteiger partial charge in [0.25, 0.3) is 0 Å². The minimum absolute atomic E-state index is 0.168. The van der Waals surface area contributed by atoms with Crippen LogP contribution in [-0.4, -0.2) is 15.0 Å². The number of nitrogens with two attached hydrogens (primary N) is 1. The van der Waals surface area contributed by atoms with E-state index in [2.05, 4.69) is 10.1 Å². The smallest absolute Gasteiger partial charge is 0.242 e. The van der Waals surface area contributed by atoms with E-state index >= 15 is 0 Å². The second-order valence-electron chi connectivity index (χ2n) is 3.04. The topological polar surface area (TPSA) is 84.2 Å². The van der Waals surface area contributed by atoms with E-state index in [-0.39, 0.29) is 4.90 Å². The van der Waals surface area contributed by atoms with Crippen LogP contribution in [0.3, 0.4) is 0 Å². The Hall–Kier alpha value is -1.11. The zero-order valence-electron chi connectivity index (χ0n) is 8.53. The van der Waals surface area contributed by atoms with Crippen molar-refractivity contribution in [2.75, 3.05) is 12.0 Å². The van der Waals surface area contributed by atoms with Gasteiger partial charge >= 0.3 is 0 Å². The summed E-state index contributed by atoms with van der Waals surface area (Å²) in [6, 6.07) is 6.49. The zero-order chi connectivity index (χ0) is 11.3. The van der Waals surface area contributed by atoms with Gasteiger partial charge in [-0.1, -0.05) is 19.1 Å². The molecule has 0 amide bonds. The molecule has 0 heterocycles. The molecule has 0 atom stereocenters. The molecule has 0 aliphatic heterocycles. The molecule has 1 rings (SSSR count). The SMILES string of the molecule is CCCNS(=O)(=O)c1ccccc1NN. The number of hydrogen-bond acceptors (Lipinski definition) is 4. The van der Waals surface area contributed by atoms with Gasteiger partial charge in [0.05, 0.1) is 5.69 Å². The van der Waals surface area contributed by atoms with Crippen LogP contribution in [0.15, 0.2) is 29.2 Å².